The fourth-order valence-electron chi connectivity index (χ4n) is 4.67. The van der Waals surface area contributed by atoms with Crippen LogP contribution in [0.1, 0.15) is 144 Å². The molecule has 0 aliphatic heterocycles. The predicted molar refractivity (Wildman–Crippen MR) is 187 cm³/mol. The maximum Gasteiger partial charge on any atom is 0.236 e. The molecule has 0 spiro atoms. The number of thiophene rings is 1. The molecule has 1 aromatic carbocycles. The van der Waals surface area contributed by atoms with Crippen molar-refractivity contribution >= 4 is 36.4 Å². The Labute approximate surface area is 272 Å². The first-order chi connectivity index (χ1) is 19.7. The molecule has 4 nitrogen and oxygen atoms in total. The van der Waals surface area contributed by atoms with Gasteiger partial charge in [-0.3, -0.25) is 0 Å². The van der Waals surface area contributed by atoms with Gasteiger partial charge in [-0.1, -0.05) is 74.5 Å². The molecule has 0 aliphatic rings. The van der Waals surface area contributed by atoms with E-state index in [1.54, 1.807) is 11.3 Å². The van der Waals surface area contributed by atoms with Crippen LogP contribution in [0.25, 0.3) is 5.57 Å². The van der Waals surface area contributed by atoms with Crippen molar-refractivity contribution in [1.82, 2.24) is 0 Å². The van der Waals surface area contributed by atoms with Gasteiger partial charge in [-0.25, -0.2) is 0 Å². The quantitative estimate of drug-likeness (QED) is 0.185. The molecule has 2 aromatic rings. The van der Waals surface area contributed by atoms with Crippen LogP contribution in [0.5, 0.6) is 5.75 Å². The topological polar surface area (TPSA) is 47.9 Å². The number of allylic oxidation sites excluding steroid dienone is 2. The van der Waals surface area contributed by atoms with E-state index in [9.17, 15) is 5.11 Å². The van der Waals surface area contributed by atoms with E-state index in [1.165, 1.54) is 16.0 Å². The second-order valence-corrected chi connectivity index (χ2v) is 19.6. The molecule has 43 heavy (non-hydrogen) atoms. The number of ether oxygens (including phenoxy) is 1. The zero-order chi connectivity index (χ0) is 32.7. The van der Waals surface area contributed by atoms with Crippen molar-refractivity contribution in [3.8, 4) is 5.75 Å². The van der Waals surface area contributed by atoms with Gasteiger partial charge < -0.3 is 18.7 Å². The van der Waals surface area contributed by atoms with Crippen LogP contribution in [0, 0.1) is 0 Å². The second kappa shape index (κ2) is 15.4. The van der Waals surface area contributed by atoms with Crippen molar-refractivity contribution < 1.29 is 18.7 Å². The number of rotatable bonds is 16. The van der Waals surface area contributed by atoms with E-state index >= 15 is 0 Å². The van der Waals surface area contributed by atoms with E-state index in [2.05, 4.69) is 126 Å². The Kier molecular flexibility index (Phi) is 13.6. The molecule has 1 heterocycles. The third-order valence-corrected chi connectivity index (χ3v) is 11.0. The van der Waals surface area contributed by atoms with Crippen molar-refractivity contribution in [2.45, 2.75) is 156 Å². The highest BCUT2D eigenvalue weighted by atomic mass is 32.1. The summed E-state index contributed by atoms with van der Waals surface area (Å²) in [6.07, 6.45) is 6.56. The summed E-state index contributed by atoms with van der Waals surface area (Å²) in [5.41, 5.74) is 3.29. The van der Waals surface area contributed by atoms with Crippen LogP contribution in [-0.2, 0) is 26.7 Å². The van der Waals surface area contributed by atoms with Gasteiger partial charge in [-0.15, -0.1) is 11.3 Å². The molecule has 0 bridgehead atoms. The number of hydrogen-bond donors (Lipinski definition) is 1. The van der Waals surface area contributed by atoms with Crippen molar-refractivity contribution in [3.05, 3.63) is 57.3 Å². The lowest BCUT2D eigenvalue weighted by Crippen LogP contribution is -2.34. The molecule has 7 heteroatoms. The van der Waals surface area contributed by atoms with Gasteiger partial charge in [-0.2, -0.15) is 0 Å². The van der Waals surface area contributed by atoms with Gasteiger partial charge in [0.25, 0.3) is 0 Å². The summed E-state index contributed by atoms with van der Waals surface area (Å²) in [7, 11) is 0.743. The standard InChI is InChI=1S/C36H58O4SSi2/c1-14-26(18-17-21-36(37,15-2)16-3)27-22-29(41-25-27)24-38-28-19-20-30(34(10,11)39-42-32(4,5)6)31(23-28)35(12,13)40-43-33(7,8)9/h18-20,22-23,25,37H,14-17,21,24H2,1-13H3. The van der Waals surface area contributed by atoms with Crippen molar-refractivity contribution in [2.75, 3.05) is 0 Å². The minimum absolute atomic E-state index is 0.0844. The SMILES string of the molecule is CCC(=CCCC(O)(CC)CC)c1csc(COc2ccc(C(C)(C)O[Si]C(C)(C)C)c(C(C)(C)O[Si]C(C)(C)C)c2)c1. The summed E-state index contributed by atoms with van der Waals surface area (Å²) in [5, 5.41) is 13.1. The molecule has 0 aliphatic carbocycles. The minimum Gasteiger partial charge on any atom is -0.488 e. The summed E-state index contributed by atoms with van der Waals surface area (Å²) in [6.45, 7) is 28.8. The third-order valence-electron chi connectivity index (χ3n) is 7.62. The van der Waals surface area contributed by atoms with E-state index in [0.717, 1.165) is 49.0 Å². The molecule has 0 saturated carbocycles. The average Bonchev–Trinajstić information content (AvgIpc) is 3.40. The Balaban J connectivity index is 2.28. The summed E-state index contributed by atoms with van der Waals surface area (Å²) in [6, 6.07) is 8.64. The molecular weight excluding hydrogens is 585 g/mol. The van der Waals surface area contributed by atoms with Crippen LogP contribution >= 0.6 is 11.3 Å². The molecule has 1 N–H and O–H groups in total. The van der Waals surface area contributed by atoms with Crippen LogP contribution in [0.3, 0.4) is 0 Å². The van der Waals surface area contributed by atoms with Gasteiger partial charge in [0.15, 0.2) is 0 Å². The second-order valence-electron chi connectivity index (χ2n) is 14.8. The predicted octanol–water partition coefficient (Wildman–Crippen LogP) is 10.6. The maximum atomic E-state index is 10.7. The normalized spacial score (nSPS) is 14.0. The van der Waals surface area contributed by atoms with E-state index in [-0.39, 0.29) is 10.1 Å². The first-order valence-corrected chi connectivity index (χ1v) is 18.6. The third kappa shape index (κ3) is 12.2. The zero-order valence-electron chi connectivity index (χ0n) is 29.3. The monoisotopic (exact) mass is 642 g/mol. The molecule has 0 saturated heterocycles. The summed E-state index contributed by atoms with van der Waals surface area (Å²) >= 11 is 1.74. The molecule has 1 aromatic heterocycles. The molecule has 2 rings (SSSR count). The Morgan fingerprint density at radius 1 is 0.814 bits per heavy atom. The van der Waals surface area contributed by atoms with Crippen LogP contribution < -0.4 is 4.74 Å². The molecular formula is C36H58O4SSi2. The van der Waals surface area contributed by atoms with E-state index in [4.69, 9.17) is 13.6 Å². The van der Waals surface area contributed by atoms with Crippen LogP contribution in [-0.4, -0.2) is 30.2 Å². The molecule has 0 fully saturated rings. The largest absolute Gasteiger partial charge is 0.488 e. The first-order valence-electron chi connectivity index (χ1n) is 15.9. The van der Waals surface area contributed by atoms with Gasteiger partial charge in [-0.05, 0) is 116 Å². The van der Waals surface area contributed by atoms with Crippen molar-refractivity contribution in [2.24, 2.45) is 0 Å². The summed E-state index contributed by atoms with van der Waals surface area (Å²) in [4.78, 5) is 1.19. The lowest BCUT2D eigenvalue weighted by atomic mass is 9.85. The summed E-state index contributed by atoms with van der Waals surface area (Å²) < 4.78 is 19.5. The van der Waals surface area contributed by atoms with Crippen LogP contribution in [0.2, 0.25) is 10.1 Å². The Hall–Kier alpha value is -1.23. The van der Waals surface area contributed by atoms with Crippen molar-refractivity contribution in [1.29, 1.82) is 0 Å². The number of benzene rings is 1. The zero-order valence-corrected chi connectivity index (χ0v) is 32.1. The fourth-order valence-corrected chi connectivity index (χ4v) is 6.83. The molecule has 0 atom stereocenters. The summed E-state index contributed by atoms with van der Waals surface area (Å²) in [5.74, 6) is 0.836. The van der Waals surface area contributed by atoms with E-state index in [0.29, 0.717) is 26.1 Å². The Bertz CT molecular complexity index is 1180. The van der Waals surface area contributed by atoms with Crippen LogP contribution in [0.15, 0.2) is 35.7 Å². The highest BCUT2D eigenvalue weighted by Gasteiger charge is 2.34. The van der Waals surface area contributed by atoms with Gasteiger partial charge in [0.2, 0.25) is 19.5 Å². The van der Waals surface area contributed by atoms with Crippen molar-refractivity contribution in [3.63, 3.8) is 0 Å². The highest BCUT2D eigenvalue weighted by molar-refractivity contribution is 7.10. The maximum absolute atomic E-state index is 10.7. The van der Waals surface area contributed by atoms with E-state index < -0.39 is 16.8 Å². The smallest absolute Gasteiger partial charge is 0.236 e. The minimum atomic E-state index is -0.557. The van der Waals surface area contributed by atoms with Gasteiger partial charge in [0, 0.05) is 4.88 Å². The highest BCUT2D eigenvalue weighted by Crippen LogP contribution is 2.40. The molecule has 0 unspecified atom stereocenters. The Morgan fingerprint density at radius 2 is 1.37 bits per heavy atom. The molecule has 0 amide bonds. The number of hydrogen-bond acceptors (Lipinski definition) is 5. The molecule has 240 valence electrons. The van der Waals surface area contributed by atoms with Crippen LogP contribution in [0.4, 0.5) is 0 Å². The Morgan fingerprint density at radius 3 is 1.88 bits per heavy atom. The lowest BCUT2D eigenvalue weighted by molar-refractivity contribution is 0.0246. The fraction of sp³-hybridized carbons (Fsp3) is 0.667. The average molecular weight is 643 g/mol. The number of aliphatic hydroxyl groups is 1. The molecule has 4 radical (unpaired) electrons. The van der Waals surface area contributed by atoms with E-state index in [1.807, 2.05) is 0 Å². The van der Waals surface area contributed by atoms with Gasteiger partial charge in [0.05, 0.1) is 16.8 Å². The van der Waals surface area contributed by atoms with Gasteiger partial charge >= 0.3 is 0 Å². The van der Waals surface area contributed by atoms with Gasteiger partial charge in [0.1, 0.15) is 12.4 Å². The first kappa shape index (κ1) is 38.0. The lowest BCUT2D eigenvalue weighted by Gasteiger charge is -2.37.